The highest BCUT2D eigenvalue weighted by molar-refractivity contribution is 5.99. The van der Waals surface area contributed by atoms with Crippen molar-refractivity contribution in [3.63, 3.8) is 0 Å². The summed E-state index contributed by atoms with van der Waals surface area (Å²) in [5.41, 5.74) is 5.16. The monoisotopic (exact) mass is 443 g/mol. The Bertz CT molecular complexity index is 1520. The van der Waals surface area contributed by atoms with Crippen molar-refractivity contribution in [2.75, 3.05) is 0 Å². The first kappa shape index (κ1) is 21.1. The van der Waals surface area contributed by atoms with Crippen molar-refractivity contribution in [2.24, 2.45) is 0 Å². The van der Waals surface area contributed by atoms with E-state index in [1.54, 1.807) is 12.1 Å². The number of nitrogens with one attached hydrogen (secondary N) is 1. The van der Waals surface area contributed by atoms with E-state index in [1.807, 2.05) is 91.1 Å². The number of carboxylic acid groups (broad SMARTS) is 1. The van der Waals surface area contributed by atoms with E-state index in [4.69, 9.17) is 4.74 Å². The normalized spacial score (nSPS) is 10.5. The maximum atomic E-state index is 12.0. The van der Waals surface area contributed by atoms with Crippen LogP contribution in [0.4, 0.5) is 0 Å². The first-order chi connectivity index (χ1) is 16.7. The Kier molecular flexibility index (Phi) is 5.84. The Balaban J connectivity index is 1.43. The van der Waals surface area contributed by atoms with Crippen LogP contribution >= 0.6 is 0 Å². The molecule has 0 aliphatic carbocycles. The fourth-order valence-electron chi connectivity index (χ4n) is 3.86. The molecule has 2 N–H and O–H groups in total. The molecular formula is C30H21NO3. The third-order valence-corrected chi connectivity index (χ3v) is 5.58. The Morgan fingerprint density at radius 3 is 2.47 bits per heavy atom. The quantitative estimate of drug-likeness (QED) is 0.304. The Hall–Kier alpha value is -4.75. The smallest absolute Gasteiger partial charge is 0.336 e. The molecule has 164 valence electrons. The van der Waals surface area contributed by atoms with E-state index in [9.17, 15) is 9.90 Å². The van der Waals surface area contributed by atoms with Gasteiger partial charge in [0.2, 0.25) is 0 Å². The standard InChI is InChI=1S/C30H21NO3/c32-30(33)27-8-4-5-24(29(27)25-16-15-23-17-18-31-28(23)19-25)14-13-21-9-11-22(12-10-21)20-34-26-6-2-1-3-7-26/h1-12,15-19,31H,20H2,(H,32,33). The van der Waals surface area contributed by atoms with E-state index in [0.29, 0.717) is 17.7 Å². The van der Waals surface area contributed by atoms with Crippen LogP contribution in [0.15, 0.2) is 103 Å². The van der Waals surface area contributed by atoms with E-state index in [1.165, 1.54) is 0 Å². The first-order valence-electron chi connectivity index (χ1n) is 10.9. The predicted octanol–water partition coefficient (Wildman–Crippen LogP) is 6.51. The molecule has 0 aliphatic heterocycles. The summed E-state index contributed by atoms with van der Waals surface area (Å²) in [7, 11) is 0. The number of carboxylic acids is 1. The van der Waals surface area contributed by atoms with Gasteiger partial charge in [0.1, 0.15) is 12.4 Å². The average Bonchev–Trinajstić information content (AvgIpc) is 3.35. The van der Waals surface area contributed by atoms with Crippen LogP contribution in [-0.2, 0) is 6.61 Å². The highest BCUT2D eigenvalue weighted by Crippen LogP contribution is 2.30. The molecule has 0 amide bonds. The average molecular weight is 444 g/mol. The molecule has 0 unspecified atom stereocenters. The molecule has 34 heavy (non-hydrogen) atoms. The summed E-state index contributed by atoms with van der Waals surface area (Å²) in [6, 6.07) is 30.6. The van der Waals surface area contributed by atoms with Crippen molar-refractivity contribution in [1.82, 2.24) is 4.98 Å². The molecule has 4 aromatic carbocycles. The first-order valence-corrected chi connectivity index (χ1v) is 10.9. The number of ether oxygens (including phenoxy) is 1. The second-order valence-electron chi connectivity index (χ2n) is 7.86. The highest BCUT2D eigenvalue weighted by Gasteiger charge is 2.15. The molecule has 0 radical (unpaired) electrons. The molecule has 0 atom stereocenters. The largest absolute Gasteiger partial charge is 0.489 e. The number of para-hydroxylation sites is 1. The number of aromatic nitrogens is 1. The van der Waals surface area contributed by atoms with Gasteiger partial charge in [-0.15, -0.1) is 0 Å². The number of hydrogen-bond donors (Lipinski definition) is 2. The summed E-state index contributed by atoms with van der Waals surface area (Å²) in [5, 5.41) is 10.9. The predicted molar refractivity (Wildman–Crippen MR) is 134 cm³/mol. The highest BCUT2D eigenvalue weighted by atomic mass is 16.5. The van der Waals surface area contributed by atoms with Gasteiger partial charge in [0.25, 0.3) is 0 Å². The van der Waals surface area contributed by atoms with E-state index in [-0.39, 0.29) is 5.56 Å². The number of aromatic amines is 1. The maximum Gasteiger partial charge on any atom is 0.336 e. The molecule has 1 heterocycles. The number of rotatable bonds is 5. The van der Waals surface area contributed by atoms with Crippen LogP contribution in [0.1, 0.15) is 27.0 Å². The number of aromatic carboxylic acids is 1. The van der Waals surface area contributed by atoms with Crippen LogP contribution in [0.25, 0.3) is 22.0 Å². The van der Waals surface area contributed by atoms with Gasteiger partial charge in [-0.25, -0.2) is 4.79 Å². The maximum absolute atomic E-state index is 12.0. The van der Waals surface area contributed by atoms with Gasteiger partial charge >= 0.3 is 5.97 Å². The third kappa shape index (κ3) is 4.55. The number of fused-ring (bicyclic) bond motifs is 1. The van der Waals surface area contributed by atoms with Gasteiger partial charge in [0.15, 0.2) is 0 Å². The SMILES string of the molecule is O=C(O)c1cccc(C#Cc2ccc(COc3ccccc3)cc2)c1-c1ccc2cc[nH]c2c1. The van der Waals surface area contributed by atoms with Gasteiger partial charge in [-0.05, 0) is 65.0 Å². The Morgan fingerprint density at radius 1 is 0.853 bits per heavy atom. The topological polar surface area (TPSA) is 62.3 Å². The Morgan fingerprint density at radius 2 is 1.68 bits per heavy atom. The number of carbonyl (C=O) groups is 1. The lowest BCUT2D eigenvalue weighted by Crippen LogP contribution is -2.01. The van der Waals surface area contributed by atoms with Gasteiger partial charge in [0, 0.05) is 28.4 Å². The van der Waals surface area contributed by atoms with Crippen molar-refractivity contribution in [3.05, 3.63) is 126 Å². The van der Waals surface area contributed by atoms with E-state index in [0.717, 1.165) is 33.3 Å². The van der Waals surface area contributed by atoms with Crippen LogP contribution in [0, 0.1) is 11.8 Å². The molecule has 1 aromatic heterocycles. The summed E-state index contributed by atoms with van der Waals surface area (Å²) in [6.07, 6.45) is 1.87. The molecule has 0 aliphatic rings. The van der Waals surface area contributed by atoms with Crippen LogP contribution in [0.2, 0.25) is 0 Å². The van der Waals surface area contributed by atoms with Crippen LogP contribution in [0.3, 0.4) is 0 Å². The second-order valence-corrected chi connectivity index (χ2v) is 7.86. The van der Waals surface area contributed by atoms with Crippen molar-refractivity contribution < 1.29 is 14.6 Å². The zero-order valence-electron chi connectivity index (χ0n) is 18.3. The molecule has 0 spiro atoms. The summed E-state index contributed by atoms with van der Waals surface area (Å²) < 4.78 is 5.79. The minimum atomic E-state index is -0.979. The lowest BCUT2D eigenvalue weighted by atomic mass is 9.93. The molecule has 4 heteroatoms. The van der Waals surface area contributed by atoms with Crippen molar-refractivity contribution >= 4 is 16.9 Å². The molecule has 5 rings (SSSR count). The van der Waals surface area contributed by atoms with Crippen molar-refractivity contribution in [3.8, 4) is 28.7 Å². The molecular weight excluding hydrogens is 422 g/mol. The molecule has 0 fully saturated rings. The van der Waals surface area contributed by atoms with Crippen LogP contribution in [0.5, 0.6) is 5.75 Å². The fraction of sp³-hybridized carbons (Fsp3) is 0.0333. The third-order valence-electron chi connectivity index (χ3n) is 5.58. The van der Waals surface area contributed by atoms with Gasteiger partial charge in [-0.3, -0.25) is 0 Å². The lowest BCUT2D eigenvalue weighted by Gasteiger charge is -2.10. The molecule has 0 bridgehead atoms. The molecule has 0 saturated heterocycles. The fourth-order valence-corrected chi connectivity index (χ4v) is 3.86. The summed E-state index contributed by atoms with van der Waals surface area (Å²) in [5.74, 6) is 6.22. The van der Waals surface area contributed by atoms with E-state index >= 15 is 0 Å². The van der Waals surface area contributed by atoms with Crippen molar-refractivity contribution in [1.29, 1.82) is 0 Å². The van der Waals surface area contributed by atoms with Crippen LogP contribution < -0.4 is 4.74 Å². The zero-order valence-corrected chi connectivity index (χ0v) is 18.3. The lowest BCUT2D eigenvalue weighted by molar-refractivity contribution is 0.0697. The molecule has 4 nitrogen and oxygen atoms in total. The molecule has 5 aromatic rings. The van der Waals surface area contributed by atoms with Gasteiger partial charge in [-0.1, -0.05) is 60.4 Å². The van der Waals surface area contributed by atoms with Gasteiger partial charge in [0.05, 0.1) is 5.56 Å². The van der Waals surface area contributed by atoms with Crippen molar-refractivity contribution in [2.45, 2.75) is 6.61 Å². The summed E-state index contributed by atoms with van der Waals surface area (Å²) >= 11 is 0. The Labute approximate surface area is 197 Å². The number of hydrogen-bond acceptors (Lipinski definition) is 2. The summed E-state index contributed by atoms with van der Waals surface area (Å²) in [6.45, 7) is 0.476. The van der Waals surface area contributed by atoms with E-state index < -0.39 is 5.97 Å². The van der Waals surface area contributed by atoms with E-state index in [2.05, 4.69) is 16.8 Å². The molecule has 0 saturated carbocycles. The van der Waals surface area contributed by atoms with Gasteiger partial charge in [-0.2, -0.15) is 0 Å². The minimum absolute atomic E-state index is 0.228. The van der Waals surface area contributed by atoms with Gasteiger partial charge < -0.3 is 14.8 Å². The minimum Gasteiger partial charge on any atom is -0.489 e. The zero-order chi connectivity index (χ0) is 23.3. The number of H-pyrrole nitrogens is 1. The second kappa shape index (κ2) is 9.40. The van der Waals surface area contributed by atoms with Crippen LogP contribution in [-0.4, -0.2) is 16.1 Å². The summed E-state index contributed by atoms with van der Waals surface area (Å²) in [4.78, 5) is 15.2. The number of benzene rings is 4.